The Morgan fingerprint density at radius 1 is 1.26 bits per heavy atom. The monoisotopic (exact) mass is 371 g/mol. The number of benzene rings is 1. The molecule has 0 bridgehead atoms. The van der Waals surface area contributed by atoms with Crippen LogP contribution in [0, 0.1) is 5.92 Å². The van der Waals surface area contributed by atoms with E-state index in [2.05, 4.69) is 26.1 Å². The fourth-order valence-electron chi connectivity index (χ4n) is 3.89. The van der Waals surface area contributed by atoms with E-state index in [0.29, 0.717) is 24.9 Å². The van der Waals surface area contributed by atoms with Crippen LogP contribution in [0.15, 0.2) is 24.3 Å². The van der Waals surface area contributed by atoms with Crippen molar-refractivity contribution in [2.75, 3.05) is 19.6 Å². The third-order valence-corrected chi connectivity index (χ3v) is 5.73. The Morgan fingerprint density at radius 3 is 2.52 bits per heavy atom. The molecule has 3 rings (SSSR count). The molecule has 0 radical (unpaired) electrons. The summed E-state index contributed by atoms with van der Waals surface area (Å²) in [7, 11) is 0. The van der Waals surface area contributed by atoms with E-state index in [0.717, 1.165) is 23.3 Å². The molecule has 4 amide bonds. The Hall–Kier alpha value is -2.37. The van der Waals surface area contributed by atoms with Gasteiger partial charge in [0.2, 0.25) is 5.91 Å². The first-order valence-corrected chi connectivity index (χ1v) is 9.74. The number of hydrogen-bond acceptors (Lipinski definition) is 3. The smallest absolute Gasteiger partial charge is 0.325 e. The molecule has 1 aromatic carbocycles. The highest BCUT2D eigenvalue weighted by molar-refractivity contribution is 6.09. The van der Waals surface area contributed by atoms with Crippen molar-refractivity contribution in [2.45, 2.75) is 52.0 Å². The SMILES string of the molecule is CC(C)c1ccc([C@]2(C)NC(=O)N(CC(=O)N3CCC[C@@H](C)C3)C2=O)cc1. The van der Waals surface area contributed by atoms with Gasteiger partial charge in [0.15, 0.2) is 0 Å². The lowest BCUT2D eigenvalue weighted by Gasteiger charge is -2.31. The second kappa shape index (κ2) is 7.33. The molecule has 6 heteroatoms. The van der Waals surface area contributed by atoms with E-state index in [9.17, 15) is 14.4 Å². The molecule has 6 nitrogen and oxygen atoms in total. The van der Waals surface area contributed by atoms with Gasteiger partial charge in [-0.2, -0.15) is 0 Å². The summed E-state index contributed by atoms with van der Waals surface area (Å²) in [6.07, 6.45) is 2.07. The maximum Gasteiger partial charge on any atom is 0.325 e. The van der Waals surface area contributed by atoms with Crippen molar-refractivity contribution in [2.24, 2.45) is 5.92 Å². The molecule has 0 spiro atoms. The molecule has 0 aliphatic carbocycles. The number of rotatable bonds is 4. The van der Waals surface area contributed by atoms with Crippen LogP contribution in [-0.4, -0.2) is 47.3 Å². The molecule has 2 saturated heterocycles. The fourth-order valence-corrected chi connectivity index (χ4v) is 3.89. The number of nitrogens with zero attached hydrogens (tertiary/aromatic N) is 2. The largest absolute Gasteiger partial charge is 0.341 e. The predicted molar refractivity (Wildman–Crippen MR) is 103 cm³/mol. The third kappa shape index (κ3) is 3.70. The minimum absolute atomic E-state index is 0.163. The first kappa shape index (κ1) is 19.4. The van der Waals surface area contributed by atoms with Crippen LogP contribution in [0.1, 0.15) is 57.6 Å². The number of imide groups is 1. The van der Waals surface area contributed by atoms with Crippen LogP contribution in [0.3, 0.4) is 0 Å². The summed E-state index contributed by atoms with van der Waals surface area (Å²) in [4.78, 5) is 40.9. The minimum atomic E-state index is -1.14. The zero-order valence-electron chi connectivity index (χ0n) is 16.6. The molecule has 1 aromatic rings. The lowest BCUT2D eigenvalue weighted by molar-refractivity contribution is -0.139. The van der Waals surface area contributed by atoms with Gasteiger partial charge in [-0.1, -0.05) is 45.0 Å². The Balaban J connectivity index is 1.74. The van der Waals surface area contributed by atoms with E-state index in [1.165, 1.54) is 5.56 Å². The van der Waals surface area contributed by atoms with Crippen LogP contribution in [0.25, 0.3) is 0 Å². The van der Waals surface area contributed by atoms with Gasteiger partial charge >= 0.3 is 6.03 Å². The molecule has 0 saturated carbocycles. The zero-order valence-corrected chi connectivity index (χ0v) is 16.6. The van der Waals surface area contributed by atoms with Gasteiger partial charge in [-0.3, -0.25) is 14.5 Å². The first-order valence-electron chi connectivity index (χ1n) is 9.74. The number of amides is 4. The maximum absolute atomic E-state index is 13.0. The van der Waals surface area contributed by atoms with Gasteiger partial charge in [-0.05, 0) is 42.7 Å². The Bertz CT molecular complexity index is 744. The zero-order chi connectivity index (χ0) is 19.8. The Morgan fingerprint density at radius 2 is 1.93 bits per heavy atom. The summed E-state index contributed by atoms with van der Waals surface area (Å²) in [6, 6.07) is 7.21. The maximum atomic E-state index is 13.0. The van der Waals surface area contributed by atoms with Gasteiger partial charge in [0.1, 0.15) is 12.1 Å². The van der Waals surface area contributed by atoms with E-state index in [1.54, 1.807) is 11.8 Å². The number of piperidine rings is 1. The van der Waals surface area contributed by atoms with Crippen LogP contribution in [0.4, 0.5) is 4.79 Å². The molecule has 2 aliphatic heterocycles. The second-order valence-corrected chi connectivity index (χ2v) is 8.31. The van der Waals surface area contributed by atoms with Gasteiger partial charge in [0.25, 0.3) is 5.91 Å². The fraction of sp³-hybridized carbons (Fsp3) is 0.571. The summed E-state index contributed by atoms with van der Waals surface area (Å²) >= 11 is 0. The number of hydrogen-bond donors (Lipinski definition) is 1. The minimum Gasteiger partial charge on any atom is -0.341 e. The van der Waals surface area contributed by atoms with E-state index >= 15 is 0 Å². The van der Waals surface area contributed by atoms with Crippen molar-refractivity contribution >= 4 is 17.8 Å². The van der Waals surface area contributed by atoms with E-state index < -0.39 is 11.6 Å². The topological polar surface area (TPSA) is 69.7 Å². The highest BCUT2D eigenvalue weighted by Gasteiger charge is 2.49. The molecule has 0 unspecified atom stereocenters. The molecular weight excluding hydrogens is 342 g/mol. The predicted octanol–water partition coefficient (Wildman–Crippen LogP) is 2.84. The lowest BCUT2D eigenvalue weighted by atomic mass is 9.90. The highest BCUT2D eigenvalue weighted by Crippen LogP contribution is 2.30. The van der Waals surface area contributed by atoms with Crippen molar-refractivity contribution in [1.82, 2.24) is 15.1 Å². The number of carbonyl (C=O) groups excluding carboxylic acids is 3. The van der Waals surface area contributed by atoms with Crippen LogP contribution >= 0.6 is 0 Å². The van der Waals surface area contributed by atoms with Crippen LogP contribution < -0.4 is 5.32 Å². The van der Waals surface area contributed by atoms with Gasteiger partial charge in [0, 0.05) is 13.1 Å². The first-order chi connectivity index (χ1) is 12.7. The molecule has 146 valence electrons. The summed E-state index contributed by atoms with van der Waals surface area (Å²) in [6.45, 7) is 9.21. The van der Waals surface area contributed by atoms with Crippen LogP contribution in [0.5, 0.6) is 0 Å². The molecule has 2 fully saturated rings. The average molecular weight is 371 g/mol. The normalized spacial score (nSPS) is 25.9. The lowest BCUT2D eigenvalue weighted by Crippen LogP contribution is -2.47. The number of nitrogens with one attached hydrogen (secondary N) is 1. The van der Waals surface area contributed by atoms with Crippen LogP contribution in [-0.2, 0) is 15.1 Å². The summed E-state index contributed by atoms with van der Waals surface area (Å²) < 4.78 is 0. The third-order valence-electron chi connectivity index (χ3n) is 5.73. The summed E-state index contributed by atoms with van der Waals surface area (Å²) in [5.41, 5.74) is 0.763. The molecule has 2 aliphatic rings. The standard InChI is InChI=1S/C21H29N3O3/c1-14(2)16-7-9-17(10-8-16)21(4)19(26)24(20(27)22-21)13-18(25)23-11-5-6-15(3)12-23/h7-10,14-15H,5-6,11-13H2,1-4H3,(H,22,27)/t15-,21+/m1/s1. The quantitative estimate of drug-likeness (QED) is 0.828. The van der Waals surface area contributed by atoms with Crippen LogP contribution in [0.2, 0.25) is 0 Å². The number of likely N-dealkylation sites (tertiary alicyclic amines) is 1. The second-order valence-electron chi connectivity index (χ2n) is 8.31. The average Bonchev–Trinajstić information content (AvgIpc) is 2.86. The van der Waals surface area contributed by atoms with E-state index in [1.807, 2.05) is 24.3 Å². The van der Waals surface area contributed by atoms with Gasteiger partial charge < -0.3 is 10.2 Å². The van der Waals surface area contributed by atoms with Crippen molar-refractivity contribution in [3.05, 3.63) is 35.4 Å². The molecule has 0 aromatic heterocycles. The molecule has 2 atom stereocenters. The van der Waals surface area contributed by atoms with Gasteiger partial charge in [0.05, 0.1) is 0 Å². The van der Waals surface area contributed by atoms with Gasteiger partial charge in [-0.15, -0.1) is 0 Å². The van der Waals surface area contributed by atoms with Gasteiger partial charge in [-0.25, -0.2) is 4.79 Å². The molecule has 1 N–H and O–H groups in total. The Labute approximate surface area is 160 Å². The van der Waals surface area contributed by atoms with Crippen molar-refractivity contribution < 1.29 is 14.4 Å². The molecule has 27 heavy (non-hydrogen) atoms. The summed E-state index contributed by atoms with van der Waals surface area (Å²) in [5.74, 6) is 0.310. The van der Waals surface area contributed by atoms with Crippen molar-refractivity contribution in [1.29, 1.82) is 0 Å². The molecule has 2 heterocycles. The molecular formula is C21H29N3O3. The van der Waals surface area contributed by atoms with Crippen molar-refractivity contribution in [3.8, 4) is 0 Å². The highest BCUT2D eigenvalue weighted by atomic mass is 16.2. The number of carbonyl (C=O) groups is 3. The van der Waals surface area contributed by atoms with E-state index in [4.69, 9.17) is 0 Å². The van der Waals surface area contributed by atoms with Crippen molar-refractivity contribution in [3.63, 3.8) is 0 Å². The summed E-state index contributed by atoms with van der Waals surface area (Å²) in [5, 5.41) is 2.78. The van der Waals surface area contributed by atoms with E-state index in [-0.39, 0.29) is 18.4 Å². The Kier molecular flexibility index (Phi) is 5.27. The number of urea groups is 1.